The molecule has 4 heterocycles. The second-order valence-corrected chi connectivity index (χ2v) is 9.55. The van der Waals surface area contributed by atoms with E-state index in [1.54, 1.807) is 24.4 Å². The van der Waals surface area contributed by atoms with E-state index < -0.39 is 6.09 Å². The fourth-order valence-electron chi connectivity index (χ4n) is 3.73. The van der Waals surface area contributed by atoms with Crippen LogP contribution in [0.3, 0.4) is 0 Å². The number of hydrogen-bond acceptors (Lipinski definition) is 9. The van der Waals surface area contributed by atoms with Gasteiger partial charge in [-0.3, -0.25) is 5.32 Å². The number of alkyl carbamates (subject to hydrolysis) is 1. The fourth-order valence-corrected chi connectivity index (χ4v) is 4.81. The van der Waals surface area contributed by atoms with Gasteiger partial charge in [-0.25, -0.2) is 19.7 Å². The van der Waals surface area contributed by atoms with Gasteiger partial charge in [0.05, 0.1) is 21.3 Å². The Morgan fingerprint density at radius 1 is 1.24 bits per heavy atom. The first kappa shape index (κ1) is 24.8. The van der Waals surface area contributed by atoms with Crippen molar-refractivity contribution in [3.63, 3.8) is 0 Å². The van der Waals surface area contributed by atoms with Gasteiger partial charge in [0.1, 0.15) is 28.8 Å². The number of aromatic nitrogens is 3. The van der Waals surface area contributed by atoms with Crippen molar-refractivity contribution in [3.8, 4) is 23.5 Å². The summed E-state index contributed by atoms with van der Waals surface area (Å²) in [4.78, 5) is 26.3. The standard InChI is InChI=1S/C26H23ClN6O3S/c1-2-28-26(34)35-18-11-16(30-14-18)6-8-19-13-20-24(31-15-32-25(20)37-19)33-17-7-9-22(21(27)12-17)36-23-5-3-4-10-29-23/h3-5,7,9-10,12-13,15-16,18,30H,2,11,14H2,1H3,(H,28,34)(H,31,32,33)/t16-,18+/m1/s1. The minimum Gasteiger partial charge on any atom is -0.445 e. The predicted octanol–water partition coefficient (Wildman–Crippen LogP) is 5.10. The molecule has 3 aromatic heterocycles. The smallest absolute Gasteiger partial charge is 0.407 e. The number of fused-ring (bicyclic) bond motifs is 1. The van der Waals surface area contributed by atoms with E-state index >= 15 is 0 Å². The summed E-state index contributed by atoms with van der Waals surface area (Å²) in [5, 5.41) is 10.5. The molecular formula is C26H23ClN6O3S. The summed E-state index contributed by atoms with van der Waals surface area (Å²) in [5.74, 6) is 8.07. The van der Waals surface area contributed by atoms with Crippen LogP contribution in [0.5, 0.6) is 11.6 Å². The van der Waals surface area contributed by atoms with Crippen LogP contribution in [0.15, 0.2) is 55.0 Å². The van der Waals surface area contributed by atoms with E-state index in [2.05, 4.69) is 42.7 Å². The number of nitrogens with one attached hydrogen (secondary N) is 3. The average molecular weight is 535 g/mol. The van der Waals surface area contributed by atoms with Gasteiger partial charge in [-0.2, -0.15) is 0 Å². The molecule has 0 bridgehead atoms. The maximum Gasteiger partial charge on any atom is 0.407 e. The molecule has 1 aliphatic heterocycles. The molecular weight excluding hydrogens is 512 g/mol. The number of nitrogens with zero attached hydrogens (tertiary/aromatic N) is 3. The van der Waals surface area contributed by atoms with Crippen molar-refractivity contribution in [2.45, 2.75) is 25.5 Å². The summed E-state index contributed by atoms with van der Waals surface area (Å²) in [6, 6.07) is 12.7. The maximum atomic E-state index is 11.6. The third-order valence-corrected chi connectivity index (χ3v) is 6.69. The molecule has 9 nitrogen and oxygen atoms in total. The van der Waals surface area contributed by atoms with E-state index in [1.807, 2.05) is 31.2 Å². The molecule has 1 aliphatic rings. The Hall–Kier alpha value is -3.91. The lowest BCUT2D eigenvalue weighted by molar-refractivity contribution is 0.107. The molecule has 0 radical (unpaired) electrons. The van der Waals surface area contributed by atoms with Gasteiger partial charge in [0.15, 0.2) is 0 Å². The van der Waals surface area contributed by atoms with Crippen molar-refractivity contribution >= 4 is 50.8 Å². The highest BCUT2D eigenvalue weighted by atomic mass is 35.5. The second-order valence-electron chi connectivity index (χ2n) is 8.12. The maximum absolute atomic E-state index is 11.6. The van der Waals surface area contributed by atoms with Crippen LogP contribution >= 0.6 is 22.9 Å². The van der Waals surface area contributed by atoms with Crippen molar-refractivity contribution in [3.05, 3.63) is 64.9 Å². The highest BCUT2D eigenvalue weighted by molar-refractivity contribution is 7.19. The molecule has 188 valence electrons. The monoisotopic (exact) mass is 534 g/mol. The summed E-state index contributed by atoms with van der Waals surface area (Å²) in [5.41, 5.74) is 0.755. The van der Waals surface area contributed by atoms with Crippen LogP contribution in [0.2, 0.25) is 5.02 Å². The number of halogens is 1. The van der Waals surface area contributed by atoms with E-state index in [4.69, 9.17) is 21.1 Å². The SMILES string of the molecule is CCNC(=O)O[C@@H]1CN[C@H](C#Cc2cc3c(Nc4ccc(Oc5ccccn5)c(Cl)c4)ncnc3s2)C1. The molecule has 0 spiro atoms. The van der Waals surface area contributed by atoms with Gasteiger partial charge in [0.25, 0.3) is 0 Å². The van der Waals surface area contributed by atoms with Crippen LogP contribution in [-0.2, 0) is 4.74 Å². The highest BCUT2D eigenvalue weighted by Gasteiger charge is 2.25. The first-order valence-electron chi connectivity index (χ1n) is 11.7. The van der Waals surface area contributed by atoms with Crippen LogP contribution < -0.4 is 20.7 Å². The van der Waals surface area contributed by atoms with E-state index in [0.29, 0.717) is 42.0 Å². The topological polar surface area (TPSA) is 110 Å². The number of carbonyl (C=O) groups excluding carboxylic acids is 1. The number of thiophene rings is 1. The summed E-state index contributed by atoms with van der Waals surface area (Å²) in [7, 11) is 0. The number of benzene rings is 1. The first-order chi connectivity index (χ1) is 18.1. The van der Waals surface area contributed by atoms with Crippen molar-refractivity contribution in [1.82, 2.24) is 25.6 Å². The van der Waals surface area contributed by atoms with Crippen molar-refractivity contribution in [2.24, 2.45) is 0 Å². The molecule has 0 unspecified atom stereocenters. The summed E-state index contributed by atoms with van der Waals surface area (Å²) in [6.45, 7) is 2.97. The normalized spacial score (nSPS) is 16.6. The van der Waals surface area contributed by atoms with E-state index in [-0.39, 0.29) is 12.1 Å². The van der Waals surface area contributed by atoms with Crippen molar-refractivity contribution in [2.75, 3.05) is 18.4 Å². The van der Waals surface area contributed by atoms with Crippen LogP contribution in [0.4, 0.5) is 16.3 Å². The Kier molecular flexibility index (Phi) is 7.65. The lowest BCUT2D eigenvalue weighted by Gasteiger charge is -2.10. The van der Waals surface area contributed by atoms with Crippen LogP contribution in [0, 0.1) is 11.8 Å². The summed E-state index contributed by atoms with van der Waals surface area (Å²) >= 11 is 7.94. The molecule has 11 heteroatoms. The predicted molar refractivity (Wildman–Crippen MR) is 144 cm³/mol. The molecule has 37 heavy (non-hydrogen) atoms. The third kappa shape index (κ3) is 6.27. The molecule has 1 saturated heterocycles. The summed E-state index contributed by atoms with van der Waals surface area (Å²) in [6.07, 6.45) is 3.22. The van der Waals surface area contributed by atoms with Crippen LogP contribution in [0.25, 0.3) is 10.2 Å². The Morgan fingerprint density at radius 2 is 2.16 bits per heavy atom. The molecule has 2 atom stereocenters. The lowest BCUT2D eigenvalue weighted by atomic mass is 10.2. The molecule has 1 fully saturated rings. The molecule has 0 aliphatic carbocycles. The van der Waals surface area contributed by atoms with E-state index in [1.165, 1.54) is 17.7 Å². The minimum atomic E-state index is -0.400. The van der Waals surface area contributed by atoms with E-state index in [9.17, 15) is 4.79 Å². The highest BCUT2D eigenvalue weighted by Crippen LogP contribution is 2.34. The van der Waals surface area contributed by atoms with Crippen molar-refractivity contribution in [1.29, 1.82) is 0 Å². The van der Waals surface area contributed by atoms with Gasteiger partial charge >= 0.3 is 6.09 Å². The van der Waals surface area contributed by atoms with Crippen LogP contribution in [-0.4, -0.2) is 46.3 Å². The largest absolute Gasteiger partial charge is 0.445 e. The number of ether oxygens (including phenoxy) is 2. The van der Waals surface area contributed by atoms with Crippen LogP contribution in [0.1, 0.15) is 18.2 Å². The second kappa shape index (κ2) is 11.4. The van der Waals surface area contributed by atoms with E-state index in [0.717, 1.165) is 20.8 Å². The Balaban J connectivity index is 1.27. The third-order valence-electron chi connectivity index (χ3n) is 5.43. The minimum absolute atomic E-state index is 0.0534. The molecule has 5 rings (SSSR count). The number of carbonyl (C=O) groups is 1. The van der Waals surface area contributed by atoms with Gasteiger partial charge in [-0.1, -0.05) is 29.5 Å². The zero-order chi connectivity index (χ0) is 25.6. The number of amides is 1. The fraction of sp³-hybridized carbons (Fsp3) is 0.231. The Morgan fingerprint density at radius 3 is 2.97 bits per heavy atom. The zero-order valence-electron chi connectivity index (χ0n) is 19.8. The molecule has 1 amide bonds. The van der Waals surface area contributed by atoms with Gasteiger partial charge in [0.2, 0.25) is 5.88 Å². The van der Waals surface area contributed by atoms with Gasteiger partial charge in [0, 0.05) is 37.5 Å². The molecule has 0 saturated carbocycles. The lowest BCUT2D eigenvalue weighted by Crippen LogP contribution is -2.29. The van der Waals surface area contributed by atoms with Gasteiger partial charge in [-0.15, -0.1) is 11.3 Å². The quantitative estimate of drug-likeness (QED) is 0.293. The number of rotatable bonds is 6. The Labute approximate surface area is 222 Å². The Bertz CT molecular complexity index is 1470. The van der Waals surface area contributed by atoms with Gasteiger partial charge < -0.3 is 20.1 Å². The summed E-state index contributed by atoms with van der Waals surface area (Å²) < 4.78 is 11.1. The number of hydrogen-bond donors (Lipinski definition) is 3. The van der Waals surface area contributed by atoms with Gasteiger partial charge in [-0.05, 0) is 37.3 Å². The molecule has 1 aromatic carbocycles. The number of pyridine rings is 1. The molecule has 3 N–H and O–H groups in total. The zero-order valence-corrected chi connectivity index (χ0v) is 21.4. The first-order valence-corrected chi connectivity index (χ1v) is 12.9. The number of anilines is 2. The van der Waals surface area contributed by atoms with Crippen molar-refractivity contribution < 1.29 is 14.3 Å². The molecule has 4 aromatic rings. The average Bonchev–Trinajstić information content (AvgIpc) is 3.52.